The van der Waals surface area contributed by atoms with Gasteiger partial charge < -0.3 is 10.1 Å². The summed E-state index contributed by atoms with van der Waals surface area (Å²) in [5.74, 6) is -1.25. The van der Waals surface area contributed by atoms with Crippen LogP contribution >= 0.6 is 0 Å². The maximum Gasteiger partial charge on any atom is 0.338 e. The van der Waals surface area contributed by atoms with Gasteiger partial charge in [-0.2, -0.15) is 0 Å². The first-order chi connectivity index (χ1) is 13.6. The molecule has 2 N–H and O–H groups in total. The van der Waals surface area contributed by atoms with Crippen molar-refractivity contribution in [2.45, 2.75) is 45.1 Å². The van der Waals surface area contributed by atoms with E-state index < -0.39 is 28.0 Å². The van der Waals surface area contributed by atoms with E-state index in [9.17, 15) is 18.0 Å². The fourth-order valence-electron chi connectivity index (χ4n) is 2.50. The average molecular weight is 419 g/mol. The van der Waals surface area contributed by atoms with Gasteiger partial charge in [0, 0.05) is 12.2 Å². The minimum absolute atomic E-state index is 0.0344. The second-order valence-electron chi connectivity index (χ2n) is 6.78. The van der Waals surface area contributed by atoms with Crippen LogP contribution in [0.1, 0.15) is 41.8 Å². The predicted molar refractivity (Wildman–Crippen MR) is 111 cm³/mol. The maximum atomic E-state index is 12.4. The number of hydrogen-bond donors (Lipinski definition) is 2. The summed E-state index contributed by atoms with van der Waals surface area (Å²) in [7, 11) is -3.71. The van der Waals surface area contributed by atoms with Crippen molar-refractivity contribution >= 4 is 27.6 Å². The number of esters is 1. The standard InChI is InChI=1S/C21H26N2O5S/c1-5-11-22-29(26,27)18-8-6-7-17(13-18)21(25)28-16(4)20(24)23-19-12-14(2)9-10-15(19)3/h6-10,12-13,16,22H,5,11H2,1-4H3,(H,23,24)/t16-/m0/s1. The van der Waals surface area contributed by atoms with Gasteiger partial charge in [0.15, 0.2) is 6.10 Å². The predicted octanol–water partition coefficient (Wildman–Crippen LogP) is 3.18. The molecule has 29 heavy (non-hydrogen) atoms. The lowest BCUT2D eigenvalue weighted by Gasteiger charge is -2.15. The van der Waals surface area contributed by atoms with Gasteiger partial charge in [0.1, 0.15) is 0 Å². The molecular formula is C21H26N2O5S. The van der Waals surface area contributed by atoms with Gasteiger partial charge >= 0.3 is 5.97 Å². The highest BCUT2D eigenvalue weighted by atomic mass is 32.2. The second-order valence-corrected chi connectivity index (χ2v) is 8.55. The molecule has 0 aliphatic heterocycles. The zero-order valence-electron chi connectivity index (χ0n) is 17.0. The molecule has 1 amide bonds. The topological polar surface area (TPSA) is 102 Å². The van der Waals surface area contributed by atoms with Crippen LogP contribution in [0.25, 0.3) is 0 Å². The molecule has 1 atom stereocenters. The Bertz CT molecular complexity index is 1000. The summed E-state index contributed by atoms with van der Waals surface area (Å²) in [5.41, 5.74) is 2.58. The number of benzene rings is 2. The van der Waals surface area contributed by atoms with Gasteiger partial charge in [-0.1, -0.05) is 25.1 Å². The van der Waals surface area contributed by atoms with Crippen LogP contribution in [0.5, 0.6) is 0 Å². The number of anilines is 1. The monoisotopic (exact) mass is 418 g/mol. The normalized spacial score (nSPS) is 12.3. The molecule has 0 aliphatic carbocycles. The van der Waals surface area contributed by atoms with Crippen LogP contribution < -0.4 is 10.0 Å². The molecule has 0 heterocycles. The lowest BCUT2D eigenvalue weighted by atomic mass is 10.1. The molecule has 0 unspecified atom stereocenters. The Morgan fingerprint density at radius 1 is 1.10 bits per heavy atom. The first kappa shape index (κ1) is 22.6. The number of carbonyl (C=O) groups excluding carboxylic acids is 2. The van der Waals surface area contributed by atoms with E-state index in [4.69, 9.17) is 4.74 Å². The minimum Gasteiger partial charge on any atom is -0.449 e. The Hall–Kier alpha value is -2.71. The van der Waals surface area contributed by atoms with Gasteiger partial charge in [-0.25, -0.2) is 17.9 Å². The third-order valence-corrected chi connectivity index (χ3v) is 5.68. The molecule has 0 fully saturated rings. The van der Waals surface area contributed by atoms with Gasteiger partial charge in [0.2, 0.25) is 10.0 Å². The number of ether oxygens (including phenoxy) is 1. The Morgan fingerprint density at radius 2 is 1.83 bits per heavy atom. The molecule has 0 spiro atoms. The largest absolute Gasteiger partial charge is 0.449 e. The van der Waals surface area contributed by atoms with Crippen molar-refractivity contribution in [2.75, 3.05) is 11.9 Å². The van der Waals surface area contributed by atoms with Crippen LogP contribution in [0.15, 0.2) is 47.4 Å². The number of rotatable bonds is 8. The molecule has 2 aromatic carbocycles. The molecule has 7 nitrogen and oxygen atoms in total. The fourth-order valence-corrected chi connectivity index (χ4v) is 3.68. The van der Waals surface area contributed by atoms with E-state index in [1.54, 1.807) is 0 Å². The molecule has 0 bridgehead atoms. The molecule has 2 rings (SSSR count). The van der Waals surface area contributed by atoms with E-state index in [1.165, 1.54) is 31.2 Å². The van der Waals surface area contributed by atoms with Crippen LogP contribution in [0.2, 0.25) is 0 Å². The number of sulfonamides is 1. The number of aryl methyl sites for hydroxylation is 2. The van der Waals surface area contributed by atoms with E-state index in [2.05, 4.69) is 10.0 Å². The number of carbonyl (C=O) groups is 2. The van der Waals surface area contributed by atoms with Crippen molar-refractivity contribution < 1.29 is 22.7 Å². The molecular weight excluding hydrogens is 392 g/mol. The SMILES string of the molecule is CCCNS(=O)(=O)c1cccc(C(=O)O[C@@H](C)C(=O)Nc2cc(C)ccc2C)c1. The molecule has 0 aliphatic rings. The zero-order chi connectivity index (χ0) is 21.6. The summed E-state index contributed by atoms with van der Waals surface area (Å²) >= 11 is 0. The third-order valence-electron chi connectivity index (χ3n) is 4.23. The number of hydrogen-bond acceptors (Lipinski definition) is 5. The van der Waals surface area contributed by atoms with Crippen molar-refractivity contribution in [2.24, 2.45) is 0 Å². The minimum atomic E-state index is -3.71. The second kappa shape index (κ2) is 9.67. The fraction of sp³-hybridized carbons (Fsp3) is 0.333. The highest BCUT2D eigenvalue weighted by Gasteiger charge is 2.21. The Morgan fingerprint density at radius 3 is 2.52 bits per heavy atom. The molecule has 8 heteroatoms. The van der Waals surface area contributed by atoms with E-state index in [-0.39, 0.29) is 10.5 Å². The van der Waals surface area contributed by atoms with Gasteiger partial charge in [-0.05, 0) is 62.6 Å². The molecule has 0 saturated heterocycles. The van der Waals surface area contributed by atoms with Crippen LogP contribution in [0, 0.1) is 13.8 Å². The summed E-state index contributed by atoms with van der Waals surface area (Å²) in [6.45, 7) is 7.38. The molecule has 0 aromatic heterocycles. The molecule has 0 radical (unpaired) electrons. The Balaban J connectivity index is 2.08. The number of nitrogens with one attached hydrogen (secondary N) is 2. The molecule has 156 valence electrons. The van der Waals surface area contributed by atoms with E-state index >= 15 is 0 Å². The smallest absolute Gasteiger partial charge is 0.338 e. The molecule has 2 aromatic rings. The van der Waals surface area contributed by atoms with E-state index in [0.717, 1.165) is 11.1 Å². The first-order valence-electron chi connectivity index (χ1n) is 9.33. The van der Waals surface area contributed by atoms with Crippen molar-refractivity contribution in [1.82, 2.24) is 4.72 Å². The van der Waals surface area contributed by atoms with E-state index in [0.29, 0.717) is 18.7 Å². The van der Waals surface area contributed by atoms with Crippen LogP contribution in [0.3, 0.4) is 0 Å². The van der Waals surface area contributed by atoms with Crippen molar-refractivity contribution in [3.63, 3.8) is 0 Å². The zero-order valence-corrected chi connectivity index (χ0v) is 17.8. The average Bonchev–Trinajstić information content (AvgIpc) is 2.69. The summed E-state index contributed by atoms with van der Waals surface area (Å²) in [4.78, 5) is 24.8. The summed E-state index contributed by atoms with van der Waals surface area (Å²) in [5, 5.41) is 2.74. The third kappa shape index (κ3) is 6.13. The quantitative estimate of drug-likeness (QED) is 0.641. The van der Waals surface area contributed by atoms with Crippen molar-refractivity contribution in [1.29, 1.82) is 0 Å². The van der Waals surface area contributed by atoms with Gasteiger partial charge in [0.05, 0.1) is 10.5 Å². The lowest BCUT2D eigenvalue weighted by Crippen LogP contribution is -2.30. The summed E-state index contributed by atoms with van der Waals surface area (Å²) < 4.78 is 32.1. The highest BCUT2D eigenvalue weighted by Crippen LogP contribution is 2.18. The molecule has 0 saturated carbocycles. The highest BCUT2D eigenvalue weighted by molar-refractivity contribution is 7.89. The van der Waals surface area contributed by atoms with Crippen molar-refractivity contribution in [3.05, 3.63) is 59.2 Å². The van der Waals surface area contributed by atoms with Crippen LogP contribution in [-0.2, 0) is 19.6 Å². The van der Waals surface area contributed by atoms with Gasteiger partial charge in [0.25, 0.3) is 5.91 Å². The van der Waals surface area contributed by atoms with Crippen molar-refractivity contribution in [3.8, 4) is 0 Å². The summed E-state index contributed by atoms with van der Waals surface area (Å²) in [6, 6.07) is 11.2. The Labute approximate surface area is 171 Å². The van der Waals surface area contributed by atoms with Gasteiger partial charge in [-0.3, -0.25) is 4.79 Å². The number of amides is 1. The summed E-state index contributed by atoms with van der Waals surface area (Å²) in [6.07, 6.45) is -0.408. The Kier molecular flexibility index (Phi) is 7.53. The maximum absolute atomic E-state index is 12.4. The van der Waals surface area contributed by atoms with Crippen LogP contribution in [-0.4, -0.2) is 32.9 Å². The van der Waals surface area contributed by atoms with Gasteiger partial charge in [-0.15, -0.1) is 0 Å². The van der Waals surface area contributed by atoms with Crippen LogP contribution in [0.4, 0.5) is 5.69 Å². The first-order valence-corrected chi connectivity index (χ1v) is 10.8. The van der Waals surface area contributed by atoms with E-state index in [1.807, 2.05) is 39.0 Å². The lowest BCUT2D eigenvalue weighted by molar-refractivity contribution is -0.123.